The van der Waals surface area contributed by atoms with E-state index in [4.69, 9.17) is 11.6 Å². The minimum absolute atomic E-state index is 0.409. The van der Waals surface area contributed by atoms with Gasteiger partial charge in [0.15, 0.2) is 0 Å². The fraction of sp³-hybridized carbons (Fsp3) is 0.286. The third-order valence-electron chi connectivity index (χ3n) is 2.71. The summed E-state index contributed by atoms with van der Waals surface area (Å²) in [5.74, 6) is 0. The molecule has 0 bridgehead atoms. The van der Waals surface area contributed by atoms with Gasteiger partial charge in [0.25, 0.3) is 0 Å². The second-order valence-electron chi connectivity index (χ2n) is 4.19. The first-order valence-electron chi connectivity index (χ1n) is 5.64. The average Bonchev–Trinajstić information content (AvgIpc) is 2.73. The number of aliphatic hydroxyl groups is 1. The van der Waals surface area contributed by atoms with Crippen molar-refractivity contribution < 1.29 is 5.11 Å². The molecule has 0 spiro atoms. The summed E-state index contributed by atoms with van der Waals surface area (Å²) in [5.41, 5.74) is 2.53. The van der Waals surface area contributed by atoms with Crippen LogP contribution in [0.4, 0.5) is 0 Å². The first-order chi connectivity index (χ1) is 8.15. The topological polar surface area (TPSA) is 20.2 Å². The lowest BCUT2D eigenvalue weighted by atomic mass is 10.0. The predicted octanol–water partition coefficient (Wildman–Crippen LogP) is 4.38. The van der Waals surface area contributed by atoms with Crippen molar-refractivity contribution in [3.8, 4) is 0 Å². The Morgan fingerprint density at radius 3 is 2.76 bits per heavy atom. The normalized spacial score (nSPS) is 12.6. The van der Waals surface area contributed by atoms with E-state index >= 15 is 0 Å². The molecule has 0 aliphatic heterocycles. The lowest BCUT2D eigenvalue weighted by Gasteiger charge is -2.08. The van der Waals surface area contributed by atoms with Gasteiger partial charge in [-0.2, -0.15) is 0 Å². The van der Waals surface area contributed by atoms with Crippen LogP contribution in [0.3, 0.4) is 0 Å². The van der Waals surface area contributed by atoms with Crippen molar-refractivity contribution in [1.29, 1.82) is 0 Å². The number of halogens is 1. The van der Waals surface area contributed by atoms with E-state index in [0.717, 1.165) is 22.1 Å². The summed E-state index contributed by atoms with van der Waals surface area (Å²) in [6.07, 6.45) is 1.21. The number of thiophene rings is 1. The molecule has 90 valence electrons. The molecule has 1 heterocycles. The van der Waals surface area contributed by atoms with Crippen LogP contribution in [0.15, 0.2) is 36.4 Å². The fourth-order valence-electron chi connectivity index (χ4n) is 1.82. The van der Waals surface area contributed by atoms with E-state index in [-0.39, 0.29) is 0 Å². The van der Waals surface area contributed by atoms with Crippen LogP contribution in [-0.2, 0) is 6.42 Å². The van der Waals surface area contributed by atoms with Crippen molar-refractivity contribution in [3.05, 3.63) is 56.7 Å². The molecule has 1 atom stereocenters. The monoisotopic (exact) mass is 266 g/mol. The molecule has 3 heteroatoms. The summed E-state index contributed by atoms with van der Waals surface area (Å²) in [6, 6.07) is 12.1. The van der Waals surface area contributed by atoms with Crippen molar-refractivity contribution >= 4 is 22.9 Å². The Hall–Kier alpha value is -0.830. The fourth-order valence-corrected chi connectivity index (χ4v) is 2.90. The predicted molar refractivity (Wildman–Crippen MR) is 73.8 cm³/mol. The zero-order valence-electron chi connectivity index (χ0n) is 9.69. The largest absolute Gasteiger partial charge is 0.388 e. The highest BCUT2D eigenvalue weighted by Gasteiger charge is 2.10. The first-order valence-corrected chi connectivity index (χ1v) is 6.83. The van der Waals surface area contributed by atoms with Crippen LogP contribution in [0.5, 0.6) is 0 Å². The molecule has 17 heavy (non-hydrogen) atoms. The second-order valence-corrected chi connectivity index (χ2v) is 5.93. The van der Waals surface area contributed by atoms with Gasteiger partial charge < -0.3 is 5.11 Å². The number of benzene rings is 1. The maximum absolute atomic E-state index is 10.0. The third-order valence-corrected chi connectivity index (χ3v) is 4.04. The number of rotatable bonds is 4. The van der Waals surface area contributed by atoms with Gasteiger partial charge >= 0.3 is 0 Å². The third kappa shape index (κ3) is 3.56. The Labute approximate surface area is 111 Å². The van der Waals surface area contributed by atoms with Gasteiger partial charge in [-0.25, -0.2) is 0 Å². The van der Waals surface area contributed by atoms with Gasteiger partial charge in [0.1, 0.15) is 0 Å². The van der Waals surface area contributed by atoms with Crippen LogP contribution in [0, 0.1) is 6.92 Å². The molecule has 0 saturated heterocycles. The van der Waals surface area contributed by atoms with Crippen molar-refractivity contribution in [2.45, 2.75) is 25.9 Å². The molecular weight excluding hydrogens is 252 g/mol. The molecule has 0 amide bonds. The van der Waals surface area contributed by atoms with E-state index < -0.39 is 6.10 Å². The van der Waals surface area contributed by atoms with E-state index in [9.17, 15) is 5.11 Å². The van der Waals surface area contributed by atoms with E-state index in [0.29, 0.717) is 0 Å². The van der Waals surface area contributed by atoms with Gasteiger partial charge in [0.05, 0.1) is 10.4 Å². The summed E-state index contributed by atoms with van der Waals surface area (Å²) >= 11 is 7.30. The highest BCUT2D eigenvalue weighted by Crippen LogP contribution is 2.29. The van der Waals surface area contributed by atoms with Crippen molar-refractivity contribution in [3.63, 3.8) is 0 Å². The molecule has 1 aromatic heterocycles. The SMILES string of the molecule is Cc1cccc(CCC(O)c2ccc(Cl)s2)c1. The summed E-state index contributed by atoms with van der Waals surface area (Å²) < 4.78 is 0.731. The molecular formula is C14H15ClOS. The Kier molecular flexibility index (Phi) is 4.21. The molecule has 0 fully saturated rings. The highest BCUT2D eigenvalue weighted by molar-refractivity contribution is 7.16. The summed E-state index contributed by atoms with van der Waals surface area (Å²) in [5, 5.41) is 10.0. The van der Waals surface area contributed by atoms with E-state index in [2.05, 4.69) is 31.2 Å². The summed E-state index contributed by atoms with van der Waals surface area (Å²) in [4.78, 5) is 0.947. The van der Waals surface area contributed by atoms with Crippen molar-refractivity contribution in [1.82, 2.24) is 0 Å². The standard InChI is InChI=1S/C14H15ClOS/c1-10-3-2-4-11(9-10)5-6-12(16)13-7-8-14(15)17-13/h2-4,7-9,12,16H,5-6H2,1H3. The zero-order chi connectivity index (χ0) is 12.3. The Morgan fingerprint density at radius 2 is 2.12 bits per heavy atom. The maximum Gasteiger partial charge on any atom is 0.0932 e. The molecule has 2 rings (SSSR count). The quantitative estimate of drug-likeness (QED) is 0.871. The molecule has 1 N–H and O–H groups in total. The van der Waals surface area contributed by atoms with Gasteiger partial charge in [-0.05, 0) is 37.5 Å². The van der Waals surface area contributed by atoms with Gasteiger partial charge in [-0.15, -0.1) is 11.3 Å². The van der Waals surface area contributed by atoms with E-state index in [1.54, 1.807) is 0 Å². The molecule has 0 aliphatic rings. The Bertz CT molecular complexity index is 492. The minimum atomic E-state index is -0.409. The van der Waals surface area contributed by atoms with Gasteiger partial charge in [-0.1, -0.05) is 41.4 Å². The van der Waals surface area contributed by atoms with E-state index in [1.807, 2.05) is 12.1 Å². The average molecular weight is 267 g/mol. The second kappa shape index (κ2) is 5.67. The Morgan fingerprint density at radius 1 is 1.29 bits per heavy atom. The Balaban J connectivity index is 1.94. The molecule has 1 unspecified atom stereocenters. The first kappa shape index (κ1) is 12.6. The van der Waals surface area contributed by atoms with Crippen LogP contribution in [0.25, 0.3) is 0 Å². The molecule has 1 nitrogen and oxygen atoms in total. The van der Waals surface area contributed by atoms with Crippen LogP contribution in [0.1, 0.15) is 28.5 Å². The summed E-state index contributed by atoms with van der Waals surface area (Å²) in [7, 11) is 0. The lowest BCUT2D eigenvalue weighted by Crippen LogP contribution is -1.97. The molecule has 0 aliphatic carbocycles. The van der Waals surface area contributed by atoms with Crippen LogP contribution in [0.2, 0.25) is 4.34 Å². The molecule has 0 saturated carbocycles. The van der Waals surface area contributed by atoms with E-state index in [1.165, 1.54) is 22.5 Å². The molecule has 0 radical (unpaired) electrons. The molecule has 2 aromatic rings. The van der Waals surface area contributed by atoms with Crippen LogP contribution in [-0.4, -0.2) is 5.11 Å². The number of aliphatic hydroxyl groups excluding tert-OH is 1. The highest BCUT2D eigenvalue weighted by atomic mass is 35.5. The maximum atomic E-state index is 10.0. The lowest BCUT2D eigenvalue weighted by molar-refractivity contribution is 0.171. The summed E-state index contributed by atoms with van der Waals surface area (Å²) in [6.45, 7) is 2.08. The van der Waals surface area contributed by atoms with Gasteiger partial charge in [0, 0.05) is 4.88 Å². The molecule has 1 aromatic carbocycles. The zero-order valence-corrected chi connectivity index (χ0v) is 11.3. The van der Waals surface area contributed by atoms with Gasteiger partial charge in [-0.3, -0.25) is 0 Å². The van der Waals surface area contributed by atoms with Crippen molar-refractivity contribution in [2.75, 3.05) is 0 Å². The van der Waals surface area contributed by atoms with Crippen molar-refractivity contribution in [2.24, 2.45) is 0 Å². The smallest absolute Gasteiger partial charge is 0.0932 e. The number of aryl methyl sites for hydroxylation is 2. The minimum Gasteiger partial charge on any atom is -0.388 e. The number of hydrogen-bond donors (Lipinski definition) is 1. The number of hydrogen-bond acceptors (Lipinski definition) is 2. The van der Waals surface area contributed by atoms with Crippen LogP contribution < -0.4 is 0 Å². The van der Waals surface area contributed by atoms with Crippen LogP contribution >= 0.6 is 22.9 Å². The van der Waals surface area contributed by atoms with Gasteiger partial charge in [0.2, 0.25) is 0 Å².